The van der Waals surface area contributed by atoms with Crippen molar-refractivity contribution in [1.82, 2.24) is 5.32 Å². The molecule has 0 spiro atoms. The SMILES string of the molecule is O=C1NC(CCc2ccccc2)Nc2ccccc21. The number of amides is 1. The van der Waals surface area contributed by atoms with Crippen LogP contribution in [-0.2, 0) is 6.42 Å². The van der Waals surface area contributed by atoms with Gasteiger partial charge in [-0.2, -0.15) is 0 Å². The maximum atomic E-state index is 12.0. The van der Waals surface area contributed by atoms with Crippen LogP contribution >= 0.6 is 0 Å². The lowest BCUT2D eigenvalue weighted by Gasteiger charge is -2.27. The number of benzene rings is 2. The molecule has 1 aliphatic rings. The first-order valence-electron chi connectivity index (χ1n) is 6.53. The first-order valence-corrected chi connectivity index (χ1v) is 6.53. The minimum atomic E-state index is 0.00241. The number of rotatable bonds is 3. The second kappa shape index (κ2) is 5.14. The molecule has 1 aliphatic heterocycles. The molecule has 3 rings (SSSR count). The van der Waals surface area contributed by atoms with E-state index < -0.39 is 0 Å². The summed E-state index contributed by atoms with van der Waals surface area (Å²) < 4.78 is 0. The fourth-order valence-corrected chi connectivity index (χ4v) is 2.37. The Morgan fingerprint density at radius 1 is 0.895 bits per heavy atom. The van der Waals surface area contributed by atoms with Gasteiger partial charge in [-0.05, 0) is 30.5 Å². The lowest BCUT2D eigenvalue weighted by molar-refractivity contribution is 0.0934. The van der Waals surface area contributed by atoms with Gasteiger partial charge in [-0.25, -0.2) is 0 Å². The summed E-state index contributed by atoms with van der Waals surface area (Å²) in [7, 11) is 0. The van der Waals surface area contributed by atoms with Crippen LogP contribution in [-0.4, -0.2) is 12.1 Å². The van der Waals surface area contributed by atoms with Gasteiger partial charge in [0, 0.05) is 5.69 Å². The van der Waals surface area contributed by atoms with Crippen LogP contribution in [0.3, 0.4) is 0 Å². The molecule has 0 fully saturated rings. The quantitative estimate of drug-likeness (QED) is 0.882. The second-order valence-electron chi connectivity index (χ2n) is 4.74. The summed E-state index contributed by atoms with van der Waals surface area (Å²) in [5.41, 5.74) is 2.93. The van der Waals surface area contributed by atoms with Crippen LogP contribution < -0.4 is 10.6 Å². The molecule has 1 atom stereocenters. The number of anilines is 1. The molecular weight excluding hydrogens is 236 g/mol. The lowest BCUT2D eigenvalue weighted by atomic mass is 10.0. The van der Waals surface area contributed by atoms with E-state index in [1.165, 1.54) is 5.56 Å². The van der Waals surface area contributed by atoms with Crippen LogP contribution in [0.4, 0.5) is 5.69 Å². The molecule has 3 nitrogen and oxygen atoms in total. The van der Waals surface area contributed by atoms with Gasteiger partial charge in [0.05, 0.1) is 11.7 Å². The van der Waals surface area contributed by atoms with Crippen LogP contribution in [0.25, 0.3) is 0 Å². The van der Waals surface area contributed by atoms with E-state index in [0.717, 1.165) is 24.1 Å². The Kier molecular flexibility index (Phi) is 3.19. The maximum Gasteiger partial charge on any atom is 0.254 e. The Morgan fingerprint density at radius 2 is 1.63 bits per heavy atom. The van der Waals surface area contributed by atoms with Gasteiger partial charge < -0.3 is 10.6 Å². The van der Waals surface area contributed by atoms with Crippen molar-refractivity contribution in [2.24, 2.45) is 0 Å². The first-order chi connectivity index (χ1) is 9.33. The van der Waals surface area contributed by atoms with E-state index in [1.807, 2.05) is 42.5 Å². The Morgan fingerprint density at radius 3 is 2.47 bits per heavy atom. The van der Waals surface area contributed by atoms with Crippen LogP contribution in [0, 0.1) is 0 Å². The van der Waals surface area contributed by atoms with Crippen LogP contribution in [0.2, 0.25) is 0 Å². The summed E-state index contributed by atoms with van der Waals surface area (Å²) >= 11 is 0. The van der Waals surface area contributed by atoms with E-state index in [4.69, 9.17) is 0 Å². The molecule has 1 amide bonds. The topological polar surface area (TPSA) is 41.1 Å². The highest BCUT2D eigenvalue weighted by molar-refractivity contribution is 6.01. The molecule has 2 aromatic carbocycles. The monoisotopic (exact) mass is 252 g/mol. The third-order valence-corrected chi connectivity index (χ3v) is 3.37. The zero-order chi connectivity index (χ0) is 13.1. The van der Waals surface area contributed by atoms with E-state index in [-0.39, 0.29) is 12.1 Å². The number of para-hydroxylation sites is 1. The van der Waals surface area contributed by atoms with E-state index in [0.29, 0.717) is 0 Å². The summed E-state index contributed by atoms with van der Waals surface area (Å²) in [6.07, 6.45) is 1.83. The van der Waals surface area contributed by atoms with Crippen molar-refractivity contribution in [2.45, 2.75) is 19.0 Å². The van der Waals surface area contributed by atoms with Crippen molar-refractivity contribution in [3.8, 4) is 0 Å². The zero-order valence-electron chi connectivity index (χ0n) is 10.6. The van der Waals surface area contributed by atoms with Gasteiger partial charge in [0.1, 0.15) is 0 Å². The van der Waals surface area contributed by atoms with Gasteiger partial charge in [0.2, 0.25) is 0 Å². The Hall–Kier alpha value is -2.29. The van der Waals surface area contributed by atoms with Crippen LogP contribution in [0.15, 0.2) is 54.6 Å². The summed E-state index contributed by atoms with van der Waals surface area (Å²) in [5, 5.41) is 6.36. The number of carbonyl (C=O) groups excluding carboxylic acids is 1. The second-order valence-corrected chi connectivity index (χ2v) is 4.74. The van der Waals surface area contributed by atoms with Crippen LogP contribution in [0.5, 0.6) is 0 Å². The van der Waals surface area contributed by atoms with Crippen molar-refractivity contribution in [1.29, 1.82) is 0 Å². The Balaban J connectivity index is 1.67. The molecule has 0 bridgehead atoms. The standard InChI is InChI=1S/C16H16N2O/c19-16-13-8-4-5-9-14(13)17-15(18-16)11-10-12-6-2-1-3-7-12/h1-9,15,17H,10-11H2,(H,18,19). The molecule has 0 saturated heterocycles. The van der Waals surface area contributed by atoms with E-state index in [9.17, 15) is 4.79 Å². The molecule has 0 radical (unpaired) electrons. The zero-order valence-corrected chi connectivity index (χ0v) is 10.6. The first kappa shape index (κ1) is 11.8. The average molecular weight is 252 g/mol. The predicted octanol–water partition coefficient (Wildman–Crippen LogP) is 2.80. The van der Waals surface area contributed by atoms with Gasteiger partial charge in [0.25, 0.3) is 5.91 Å². The van der Waals surface area contributed by atoms with Gasteiger partial charge in [-0.15, -0.1) is 0 Å². The minimum Gasteiger partial charge on any atom is -0.365 e. The molecule has 0 saturated carbocycles. The van der Waals surface area contributed by atoms with Crippen molar-refractivity contribution in [3.63, 3.8) is 0 Å². The molecule has 2 aromatic rings. The number of aryl methyl sites for hydroxylation is 1. The highest BCUT2D eigenvalue weighted by Gasteiger charge is 2.22. The number of hydrogen-bond donors (Lipinski definition) is 2. The van der Waals surface area contributed by atoms with Gasteiger partial charge in [0.15, 0.2) is 0 Å². The summed E-state index contributed by atoms with van der Waals surface area (Å²) in [4.78, 5) is 12.0. The third kappa shape index (κ3) is 2.60. The Labute approximate surface area is 112 Å². The number of carbonyl (C=O) groups is 1. The van der Waals surface area contributed by atoms with E-state index >= 15 is 0 Å². The fourth-order valence-electron chi connectivity index (χ4n) is 2.37. The van der Waals surface area contributed by atoms with Crippen molar-refractivity contribution in [2.75, 3.05) is 5.32 Å². The van der Waals surface area contributed by atoms with Crippen molar-refractivity contribution < 1.29 is 4.79 Å². The third-order valence-electron chi connectivity index (χ3n) is 3.37. The predicted molar refractivity (Wildman–Crippen MR) is 76.1 cm³/mol. The molecule has 96 valence electrons. The number of hydrogen-bond acceptors (Lipinski definition) is 2. The van der Waals surface area contributed by atoms with Crippen molar-refractivity contribution in [3.05, 3.63) is 65.7 Å². The Bertz CT molecular complexity index is 580. The molecule has 0 aromatic heterocycles. The molecule has 2 N–H and O–H groups in total. The molecule has 3 heteroatoms. The summed E-state index contributed by atoms with van der Waals surface area (Å²) in [5.74, 6) is 0.00686. The van der Waals surface area contributed by atoms with Crippen molar-refractivity contribution >= 4 is 11.6 Å². The molecule has 0 aliphatic carbocycles. The smallest absolute Gasteiger partial charge is 0.254 e. The lowest BCUT2D eigenvalue weighted by Crippen LogP contribution is -2.45. The normalized spacial score (nSPS) is 17.3. The highest BCUT2D eigenvalue weighted by atomic mass is 16.2. The molecular formula is C16H16N2O. The van der Waals surface area contributed by atoms with Gasteiger partial charge >= 0.3 is 0 Å². The highest BCUT2D eigenvalue weighted by Crippen LogP contribution is 2.20. The number of fused-ring (bicyclic) bond motifs is 1. The average Bonchev–Trinajstić information content (AvgIpc) is 2.46. The minimum absolute atomic E-state index is 0.00241. The summed E-state index contributed by atoms with van der Waals surface area (Å²) in [6.45, 7) is 0. The molecule has 1 heterocycles. The van der Waals surface area contributed by atoms with Gasteiger partial charge in [-0.3, -0.25) is 4.79 Å². The molecule has 19 heavy (non-hydrogen) atoms. The number of nitrogens with one attached hydrogen (secondary N) is 2. The van der Waals surface area contributed by atoms with E-state index in [2.05, 4.69) is 22.8 Å². The molecule has 1 unspecified atom stereocenters. The van der Waals surface area contributed by atoms with Crippen LogP contribution in [0.1, 0.15) is 22.3 Å². The largest absolute Gasteiger partial charge is 0.365 e. The maximum absolute atomic E-state index is 12.0. The fraction of sp³-hybridized carbons (Fsp3) is 0.188. The van der Waals surface area contributed by atoms with E-state index in [1.54, 1.807) is 0 Å². The summed E-state index contributed by atoms with van der Waals surface area (Å²) in [6, 6.07) is 17.9. The van der Waals surface area contributed by atoms with Gasteiger partial charge in [-0.1, -0.05) is 42.5 Å².